The molecular formula is C19H19ClFN3O2S2. The van der Waals surface area contributed by atoms with Crippen LogP contribution in [0.25, 0.3) is 0 Å². The predicted molar refractivity (Wildman–Crippen MR) is 112 cm³/mol. The fourth-order valence-electron chi connectivity index (χ4n) is 2.77. The van der Waals surface area contributed by atoms with Crippen LogP contribution in [-0.2, 0) is 10.0 Å². The first kappa shape index (κ1) is 20.6. The highest BCUT2D eigenvalue weighted by Crippen LogP contribution is 2.33. The third-order valence-corrected chi connectivity index (χ3v) is 6.56. The Labute approximate surface area is 172 Å². The molecule has 1 atom stereocenters. The van der Waals surface area contributed by atoms with E-state index in [2.05, 4.69) is 21.9 Å². The van der Waals surface area contributed by atoms with E-state index in [-0.39, 0.29) is 16.2 Å². The van der Waals surface area contributed by atoms with Crippen LogP contribution < -0.4 is 10.0 Å². The van der Waals surface area contributed by atoms with Crippen LogP contribution in [-0.4, -0.2) is 13.4 Å². The smallest absolute Gasteiger partial charge is 0.266 e. The van der Waals surface area contributed by atoms with Crippen molar-refractivity contribution in [2.45, 2.75) is 30.7 Å². The lowest BCUT2D eigenvalue weighted by Crippen LogP contribution is -2.16. The molecule has 28 heavy (non-hydrogen) atoms. The minimum absolute atomic E-state index is 0.0704. The number of sulfonamides is 1. The summed E-state index contributed by atoms with van der Waals surface area (Å²) >= 11 is 7.39. The molecular weight excluding hydrogens is 421 g/mol. The fourth-order valence-corrected chi connectivity index (χ4v) is 4.93. The number of benzene rings is 2. The van der Waals surface area contributed by atoms with Gasteiger partial charge < -0.3 is 5.32 Å². The Bertz CT molecular complexity index is 1030. The highest BCUT2D eigenvalue weighted by atomic mass is 35.5. The van der Waals surface area contributed by atoms with E-state index in [1.165, 1.54) is 6.20 Å². The maximum absolute atomic E-state index is 14.7. The van der Waals surface area contributed by atoms with E-state index in [4.69, 9.17) is 11.6 Å². The first-order valence-corrected chi connectivity index (χ1v) is 11.4. The predicted octanol–water partition coefficient (Wildman–Crippen LogP) is 5.69. The quantitative estimate of drug-likeness (QED) is 0.473. The average molecular weight is 440 g/mol. The summed E-state index contributed by atoms with van der Waals surface area (Å²) in [5.41, 5.74) is 1.39. The van der Waals surface area contributed by atoms with Crippen LogP contribution in [0.4, 0.5) is 15.2 Å². The van der Waals surface area contributed by atoms with Gasteiger partial charge in [-0.15, -0.1) is 11.3 Å². The Morgan fingerprint density at radius 2 is 2.00 bits per heavy atom. The van der Waals surface area contributed by atoms with Crippen LogP contribution in [0.1, 0.15) is 31.4 Å². The first-order valence-electron chi connectivity index (χ1n) is 8.63. The summed E-state index contributed by atoms with van der Waals surface area (Å²) in [4.78, 5) is 3.33. The molecule has 2 aromatic carbocycles. The Hall–Kier alpha value is -2.16. The summed E-state index contributed by atoms with van der Waals surface area (Å²) in [5, 5.41) is 5.13. The summed E-state index contributed by atoms with van der Waals surface area (Å²) in [6.07, 6.45) is 3.18. The number of thiazole rings is 1. The molecule has 0 aliphatic heterocycles. The molecule has 0 amide bonds. The fraction of sp³-hybridized carbons (Fsp3) is 0.211. The molecule has 1 heterocycles. The van der Waals surface area contributed by atoms with Gasteiger partial charge in [0.25, 0.3) is 10.0 Å². The Morgan fingerprint density at radius 3 is 2.64 bits per heavy atom. The molecule has 0 aliphatic rings. The molecule has 0 unspecified atom stereocenters. The highest BCUT2D eigenvalue weighted by molar-refractivity contribution is 7.93. The summed E-state index contributed by atoms with van der Waals surface area (Å²) in [7, 11) is -4.13. The molecule has 0 fully saturated rings. The third-order valence-electron chi connectivity index (χ3n) is 4.07. The summed E-state index contributed by atoms with van der Waals surface area (Å²) in [6.45, 7) is 2.06. The average Bonchev–Trinajstić information content (AvgIpc) is 3.16. The highest BCUT2D eigenvalue weighted by Gasteiger charge is 2.23. The minimum Gasteiger partial charge on any atom is -0.377 e. The molecule has 0 saturated carbocycles. The zero-order valence-electron chi connectivity index (χ0n) is 15.0. The summed E-state index contributed by atoms with van der Waals surface area (Å²) in [5.74, 6) is -0.890. The van der Waals surface area contributed by atoms with E-state index in [1.807, 2.05) is 30.3 Å². The van der Waals surface area contributed by atoms with Crippen LogP contribution in [0.3, 0.4) is 0 Å². The van der Waals surface area contributed by atoms with Gasteiger partial charge >= 0.3 is 0 Å². The van der Waals surface area contributed by atoms with Gasteiger partial charge in [0.05, 0.1) is 16.8 Å². The maximum atomic E-state index is 14.7. The molecule has 0 spiro atoms. The molecule has 148 valence electrons. The van der Waals surface area contributed by atoms with Gasteiger partial charge in [0, 0.05) is 11.6 Å². The van der Waals surface area contributed by atoms with Gasteiger partial charge in [0.1, 0.15) is 10.7 Å². The van der Waals surface area contributed by atoms with E-state index >= 15 is 0 Å². The van der Waals surface area contributed by atoms with Crippen molar-refractivity contribution >= 4 is 43.8 Å². The second-order valence-corrected chi connectivity index (χ2v) is 9.05. The van der Waals surface area contributed by atoms with Crippen LogP contribution in [0.2, 0.25) is 5.02 Å². The summed E-state index contributed by atoms with van der Waals surface area (Å²) < 4.78 is 41.8. The number of hydrogen-bond acceptors (Lipinski definition) is 5. The van der Waals surface area contributed by atoms with E-state index in [1.54, 1.807) is 5.38 Å². The zero-order chi connectivity index (χ0) is 20.1. The van der Waals surface area contributed by atoms with Crippen LogP contribution >= 0.6 is 22.9 Å². The van der Waals surface area contributed by atoms with Crippen molar-refractivity contribution in [3.8, 4) is 0 Å². The maximum Gasteiger partial charge on any atom is 0.266 e. The Kier molecular flexibility index (Phi) is 6.53. The first-order chi connectivity index (χ1) is 13.4. The second kappa shape index (κ2) is 8.89. The lowest BCUT2D eigenvalue weighted by molar-refractivity contribution is 0.570. The lowest BCUT2D eigenvalue weighted by Gasteiger charge is -2.21. The van der Waals surface area contributed by atoms with Gasteiger partial charge in [-0.3, -0.25) is 4.72 Å². The van der Waals surface area contributed by atoms with Gasteiger partial charge in [0.15, 0.2) is 5.13 Å². The van der Waals surface area contributed by atoms with Gasteiger partial charge in [-0.25, -0.2) is 17.8 Å². The topological polar surface area (TPSA) is 71.1 Å². The molecule has 9 heteroatoms. The lowest BCUT2D eigenvalue weighted by atomic mass is 10.0. The van der Waals surface area contributed by atoms with E-state index in [0.717, 1.165) is 41.9 Å². The van der Waals surface area contributed by atoms with Crippen molar-refractivity contribution in [1.29, 1.82) is 0 Å². The number of hydrogen-bond donors (Lipinski definition) is 2. The molecule has 3 aromatic rings. The largest absolute Gasteiger partial charge is 0.377 e. The van der Waals surface area contributed by atoms with Crippen molar-refractivity contribution in [3.63, 3.8) is 0 Å². The van der Waals surface area contributed by atoms with Crippen molar-refractivity contribution in [3.05, 3.63) is 70.4 Å². The molecule has 0 bridgehead atoms. The van der Waals surface area contributed by atoms with Crippen molar-refractivity contribution < 1.29 is 12.8 Å². The molecule has 5 nitrogen and oxygen atoms in total. The molecule has 3 rings (SSSR count). The molecule has 0 radical (unpaired) electrons. The number of rotatable bonds is 8. The Balaban J connectivity index is 1.89. The molecule has 0 saturated heterocycles. The van der Waals surface area contributed by atoms with Gasteiger partial charge in [0.2, 0.25) is 0 Å². The van der Waals surface area contributed by atoms with Crippen LogP contribution in [0.5, 0.6) is 0 Å². The van der Waals surface area contributed by atoms with Crippen molar-refractivity contribution in [1.82, 2.24) is 4.98 Å². The van der Waals surface area contributed by atoms with E-state index in [0.29, 0.717) is 5.69 Å². The van der Waals surface area contributed by atoms with Crippen molar-refractivity contribution in [2.75, 3.05) is 10.0 Å². The minimum atomic E-state index is -4.13. The Morgan fingerprint density at radius 1 is 1.25 bits per heavy atom. The molecule has 0 aliphatic carbocycles. The number of halogens is 2. The molecule has 1 aromatic heterocycles. The SMILES string of the molecule is CCC[C@H](Nc1cc(F)c(S(=O)(=O)Nc2nccs2)cc1Cl)c1ccccc1. The molecule has 2 N–H and O–H groups in total. The van der Waals surface area contributed by atoms with Crippen LogP contribution in [0.15, 0.2) is 58.9 Å². The van der Waals surface area contributed by atoms with Gasteiger partial charge in [-0.2, -0.15) is 0 Å². The van der Waals surface area contributed by atoms with Crippen LogP contribution in [0, 0.1) is 5.82 Å². The third kappa shape index (κ3) is 4.81. The van der Waals surface area contributed by atoms with E-state index < -0.39 is 20.7 Å². The van der Waals surface area contributed by atoms with Gasteiger partial charge in [-0.1, -0.05) is 55.3 Å². The number of aromatic nitrogens is 1. The second-order valence-electron chi connectivity index (χ2n) is 6.10. The van der Waals surface area contributed by atoms with E-state index in [9.17, 15) is 12.8 Å². The van der Waals surface area contributed by atoms with Crippen molar-refractivity contribution in [2.24, 2.45) is 0 Å². The monoisotopic (exact) mass is 439 g/mol. The number of anilines is 2. The number of nitrogens with one attached hydrogen (secondary N) is 2. The zero-order valence-corrected chi connectivity index (χ0v) is 17.4. The normalized spacial score (nSPS) is 12.5. The standard InChI is InChI=1S/C19H19ClFN3O2S2/c1-2-6-16(13-7-4-3-5-8-13)23-17-12-15(21)18(11-14(17)20)28(25,26)24-19-22-9-10-27-19/h3-5,7-12,16,23H,2,6H2,1H3,(H,22,24)/t16-/m0/s1. The number of nitrogens with zero attached hydrogens (tertiary/aromatic N) is 1. The van der Waals surface area contributed by atoms with Gasteiger partial charge in [-0.05, 0) is 24.1 Å². The summed E-state index contributed by atoms with van der Waals surface area (Å²) in [6, 6.07) is 11.9.